The molecule has 0 aliphatic carbocycles. The number of nitrogens with zero attached hydrogens (tertiary/aromatic N) is 1. The van der Waals surface area contributed by atoms with E-state index in [9.17, 15) is 14.4 Å². The molecular formula is C26H26N4O3. The second kappa shape index (κ2) is 10.5. The summed E-state index contributed by atoms with van der Waals surface area (Å²) in [4.78, 5) is 38.9. The normalized spacial score (nSPS) is 15.2. The Hall–Kier alpha value is -4.13. The number of hydrogen-bond donors (Lipinski definition) is 3. The monoisotopic (exact) mass is 442 g/mol. The molecule has 0 saturated carbocycles. The molecule has 0 aromatic heterocycles. The van der Waals surface area contributed by atoms with Crippen molar-refractivity contribution in [2.75, 3.05) is 29.0 Å². The van der Waals surface area contributed by atoms with E-state index in [-0.39, 0.29) is 30.2 Å². The number of rotatable bonds is 7. The highest BCUT2D eigenvalue weighted by Crippen LogP contribution is 2.21. The Labute approximate surface area is 192 Å². The van der Waals surface area contributed by atoms with Crippen LogP contribution in [0.25, 0.3) is 0 Å². The first-order chi connectivity index (χ1) is 16.1. The number of benzene rings is 3. The summed E-state index contributed by atoms with van der Waals surface area (Å²) in [6, 6.07) is 25.7. The molecule has 4 amide bonds. The van der Waals surface area contributed by atoms with Gasteiger partial charge in [0.1, 0.15) is 0 Å². The smallest absolute Gasteiger partial charge is 0.323 e. The Kier molecular flexibility index (Phi) is 6.99. The van der Waals surface area contributed by atoms with Gasteiger partial charge in [0.15, 0.2) is 0 Å². The SMILES string of the molecule is O=C(Nc1ccccc1)Nc1ccc(NC(=O)C2CC(=O)N(CCc3ccccc3)C2)cc1. The molecule has 1 fully saturated rings. The lowest BCUT2D eigenvalue weighted by molar-refractivity contribution is -0.128. The summed E-state index contributed by atoms with van der Waals surface area (Å²) in [5, 5.41) is 8.37. The van der Waals surface area contributed by atoms with Crippen molar-refractivity contribution < 1.29 is 14.4 Å². The summed E-state index contributed by atoms with van der Waals surface area (Å²) in [6.07, 6.45) is 0.993. The van der Waals surface area contributed by atoms with Gasteiger partial charge in [-0.1, -0.05) is 48.5 Å². The third-order valence-electron chi connectivity index (χ3n) is 5.54. The molecule has 7 nitrogen and oxygen atoms in total. The van der Waals surface area contributed by atoms with Gasteiger partial charge >= 0.3 is 6.03 Å². The molecule has 33 heavy (non-hydrogen) atoms. The summed E-state index contributed by atoms with van der Waals surface area (Å²) < 4.78 is 0. The van der Waals surface area contributed by atoms with Gasteiger partial charge in [-0.2, -0.15) is 0 Å². The zero-order chi connectivity index (χ0) is 23.0. The van der Waals surface area contributed by atoms with E-state index < -0.39 is 0 Å². The van der Waals surface area contributed by atoms with Gasteiger partial charge in [0.2, 0.25) is 11.8 Å². The van der Waals surface area contributed by atoms with Crippen LogP contribution < -0.4 is 16.0 Å². The van der Waals surface area contributed by atoms with E-state index in [0.717, 1.165) is 6.42 Å². The van der Waals surface area contributed by atoms with Crippen LogP contribution in [0.3, 0.4) is 0 Å². The van der Waals surface area contributed by atoms with Gasteiger partial charge in [-0.15, -0.1) is 0 Å². The second-order valence-electron chi connectivity index (χ2n) is 7.99. The van der Waals surface area contributed by atoms with Crippen molar-refractivity contribution in [2.24, 2.45) is 5.92 Å². The molecule has 1 saturated heterocycles. The molecular weight excluding hydrogens is 416 g/mol. The van der Waals surface area contributed by atoms with Crippen LogP contribution >= 0.6 is 0 Å². The molecule has 0 bridgehead atoms. The van der Waals surface area contributed by atoms with Gasteiger partial charge in [0, 0.05) is 36.6 Å². The number of amides is 4. The van der Waals surface area contributed by atoms with Crippen LogP contribution in [0, 0.1) is 5.92 Å². The minimum Gasteiger partial charge on any atom is -0.342 e. The summed E-state index contributed by atoms with van der Waals surface area (Å²) in [7, 11) is 0. The van der Waals surface area contributed by atoms with Crippen molar-refractivity contribution >= 4 is 34.9 Å². The van der Waals surface area contributed by atoms with E-state index in [1.165, 1.54) is 5.56 Å². The lowest BCUT2D eigenvalue weighted by Crippen LogP contribution is -2.30. The Morgan fingerprint density at radius 2 is 1.30 bits per heavy atom. The van der Waals surface area contributed by atoms with Gasteiger partial charge in [-0.25, -0.2) is 4.79 Å². The molecule has 1 unspecified atom stereocenters. The highest BCUT2D eigenvalue weighted by atomic mass is 16.2. The summed E-state index contributed by atoms with van der Waals surface area (Å²) in [5.41, 5.74) is 3.08. The van der Waals surface area contributed by atoms with Crippen LogP contribution in [-0.4, -0.2) is 35.8 Å². The largest absolute Gasteiger partial charge is 0.342 e. The molecule has 3 N–H and O–H groups in total. The number of anilines is 3. The fourth-order valence-corrected chi connectivity index (χ4v) is 3.77. The minimum absolute atomic E-state index is 0.00931. The highest BCUT2D eigenvalue weighted by Gasteiger charge is 2.34. The predicted octanol–water partition coefficient (Wildman–Crippen LogP) is 4.36. The number of likely N-dealkylation sites (tertiary alicyclic amines) is 1. The predicted molar refractivity (Wildman–Crippen MR) is 129 cm³/mol. The maximum absolute atomic E-state index is 12.7. The van der Waals surface area contributed by atoms with Gasteiger partial charge in [0.05, 0.1) is 5.92 Å². The molecule has 0 radical (unpaired) electrons. The molecule has 1 aliphatic heterocycles. The summed E-state index contributed by atoms with van der Waals surface area (Å²) in [5.74, 6) is -0.536. The zero-order valence-corrected chi connectivity index (χ0v) is 18.2. The van der Waals surface area contributed by atoms with Gasteiger partial charge < -0.3 is 20.9 Å². The third kappa shape index (κ3) is 6.20. The van der Waals surface area contributed by atoms with Gasteiger partial charge in [0.25, 0.3) is 0 Å². The third-order valence-corrected chi connectivity index (χ3v) is 5.54. The second-order valence-corrected chi connectivity index (χ2v) is 7.99. The van der Waals surface area contributed by atoms with Crippen LogP contribution in [0.15, 0.2) is 84.9 Å². The molecule has 0 spiro atoms. The van der Waals surface area contributed by atoms with E-state index in [1.54, 1.807) is 41.3 Å². The fraction of sp³-hybridized carbons (Fsp3) is 0.192. The topological polar surface area (TPSA) is 90.5 Å². The summed E-state index contributed by atoms with van der Waals surface area (Å²) in [6.45, 7) is 1.04. The van der Waals surface area contributed by atoms with E-state index in [2.05, 4.69) is 16.0 Å². The Balaban J connectivity index is 1.25. The van der Waals surface area contributed by atoms with Crippen LogP contribution in [0.2, 0.25) is 0 Å². The first-order valence-electron chi connectivity index (χ1n) is 10.9. The van der Waals surface area contributed by atoms with Gasteiger partial charge in [-0.05, 0) is 48.4 Å². The van der Waals surface area contributed by atoms with E-state index >= 15 is 0 Å². The maximum atomic E-state index is 12.7. The number of urea groups is 1. The quantitative estimate of drug-likeness (QED) is 0.508. The molecule has 1 atom stereocenters. The van der Waals surface area contributed by atoms with Crippen LogP contribution in [0.1, 0.15) is 12.0 Å². The molecule has 3 aromatic carbocycles. The maximum Gasteiger partial charge on any atom is 0.323 e. The lowest BCUT2D eigenvalue weighted by Gasteiger charge is -2.16. The van der Waals surface area contributed by atoms with Crippen molar-refractivity contribution in [2.45, 2.75) is 12.8 Å². The molecule has 4 rings (SSSR count). The molecule has 3 aromatic rings. The van der Waals surface area contributed by atoms with Crippen LogP contribution in [0.5, 0.6) is 0 Å². The first kappa shape index (κ1) is 22.1. The number of carbonyl (C=O) groups is 3. The Morgan fingerprint density at radius 3 is 1.94 bits per heavy atom. The number of para-hydroxylation sites is 1. The van der Waals surface area contributed by atoms with Crippen LogP contribution in [-0.2, 0) is 16.0 Å². The average molecular weight is 443 g/mol. The van der Waals surface area contributed by atoms with Gasteiger partial charge in [-0.3, -0.25) is 9.59 Å². The van der Waals surface area contributed by atoms with Crippen molar-refractivity contribution in [3.8, 4) is 0 Å². The number of hydrogen-bond acceptors (Lipinski definition) is 3. The van der Waals surface area contributed by atoms with E-state index in [1.807, 2.05) is 48.5 Å². The fourth-order valence-electron chi connectivity index (χ4n) is 3.77. The number of carbonyl (C=O) groups excluding carboxylic acids is 3. The van der Waals surface area contributed by atoms with E-state index in [0.29, 0.717) is 30.2 Å². The first-order valence-corrected chi connectivity index (χ1v) is 10.9. The Morgan fingerprint density at radius 1 is 0.758 bits per heavy atom. The summed E-state index contributed by atoms with van der Waals surface area (Å²) >= 11 is 0. The zero-order valence-electron chi connectivity index (χ0n) is 18.2. The lowest BCUT2D eigenvalue weighted by atomic mass is 10.1. The van der Waals surface area contributed by atoms with Crippen molar-refractivity contribution in [3.63, 3.8) is 0 Å². The molecule has 7 heteroatoms. The Bertz CT molecular complexity index is 1100. The standard InChI is InChI=1S/C26H26N4O3/c31-24-17-20(18-30(24)16-15-19-7-3-1-4-8-19)25(32)27-22-11-13-23(14-12-22)29-26(33)28-21-9-5-2-6-10-21/h1-14,20H,15-18H2,(H,27,32)(H2,28,29,33). The molecule has 1 heterocycles. The highest BCUT2D eigenvalue weighted by molar-refractivity contribution is 6.00. The van der Waals surface area contributed by atoms with Crippen LogP contribution in [0.4, 0.5) is 21.9 Å². The molecule has 1 aliphatic rings. The van der Waals surface area contributed by atoms with Crippen molar-refractivity contribution in [3.05, 3.63) is 90.5 Å². The molecule has 168 valence electrons. The van der Waals surface area contributed by atoms with E-state index in [4.69, 9.17) is 0 Å². The average Bonchev–Trinajstić information content (AvgIpc) is 3.21. The van der Waals surface area contributed by atoms with Crippen molar-refractivity contribution in [1.29, 1.82) is 0 Å². The minimum atomic E-state index is -0.372. The van der Waals surface area contributed by atoms with Crippen molar-refractivity contribution in [1.82, 2.24) is 4.90 Å². The number of nitrogens with one attached hydrogen (secondary N) is 3.